The van der Waals surface area contributed by atoms with Crippen molar-refractivity contribution in [1.82, 2.24) is 5.32 Å². The minimum atomic E-state index is 0.523. The van der Waals surface area contributed by atoms with Crippen molar-refractivity contribution in [3.63, 3.8) is 0 Å². The van der Waals surface area contributed by atoms with Crippen molar-refractivity contribution in [2.45, 2.75) is 64.4 Å². The molecule has 0 aliphatic heterocycles. The molecule has 0 aromatic heterocycles. The monoisotopic (exact) mass is 257 g/mol. The van der Waals surface area contributed by atoms with E-state index in [0.29, 0.717) is 6.10 Å². The quantitative estimate of drug-likeness (QED) is 0.482. The summed E-state index contributed by atoms with van der Waals surface area (Å²) in [5.74, 6) is 0. The van der Waals surface area contributed by atoms with E-state index in [4.69, 9.17) is 9.47 Å². The van der Waals surface area contributed by atoms with Crippen molar-refractivity contribution >= 4 is 0 Å². The van der Waals surface area contributed by atoms with Crippen LogP contribution >= 0.6 is 0 Å². The summed E-state index contributed by atoms with van der Waals surface area (Å²) in [6.07, 6.45) is 10.9. The summed E-state index contributed by atoms with van der Waals surface area (Å²) >= 11 is 0. The van der Waals surface area contributed by atoms with E-state index in [-0.39, 0.29) is 0 Å². The zero-order chi connectivity index (χ0) is 12.9. The van der Waals surface area contributed by atoms with Crippen LogP contribution < -0.4 is 5.32 Å². The highest BCUT2D eigenvalue weighted by molar-refractivity contribution is 4.64. The molecule has 1 N–H and O–H groups in total. The Morgan fingerprint density at radius 3 is 2.39 bits per heavy atom. The Morgan fingerprint density at radius 1 is 0.944 bits per heavy atom. The van der Waals surface area contributed by atoms with Crippen LogP contribution in [0.15, 0.2) is 0 Å². The van der Waals surface area contributed by atoms with Gasteiger partial charge in [0, 0.05) is 19.7 Å². The molecule has 0 saturated heterocycles. The third-order valence-corrected chi connectivity index (χ3v) is 3.50. The Morgan fingerprint density at radius 2 is 1.67 bits per heavy atom. The average Bonchev–Trinajstić information content (AvgIpc) is 2.65. The van der Waals surface area contributed by atoms with Crippen LogP contribution in [0.4, 0.5) is 0 Å². The number of ether oxygens (including phenoxy) is 2. The number of rotatable bonds is 10. The average molecular weight is 257 g/mol. The van der Waals surface area contributed by atoms with Gasteiger partial charge in [0.15, 0.2) is 0 Å². The number of hydrogen-bond acceptors (Lipinski definition) is 3. The van der Waals surface area contributed by atoms with Gasteiger partial charge >= 0.3 is 0 Å². The van der Waals surface area contributed by atoms with E-state index in [2.05, 4.69) is 12.2 Å². The van der Waals surface area contributed by atoms with E-state index in [1.807, 2.05) is 0 Å². The van der Waals surface area contributed by atoms with Crippen LogP contribution in [0.5, 0.6) is 0 Å². The molecule has 0 aromatic rings. The Balaban J connectivity index is 1.80. The fraction of sp³-hybridized carbons (Fsp3) is 1.00. The Bertz CT molecular complexity index is 168. The summed E-state index contributed by atoms with van der Waals surface area (Å²) in [6, 6.07) is 0. The molecule has 1 fully saturated rings. The molecule has 1 rings (SSSR count). The lowest BCUT2D eigenvalue weighted by atomic mass is 10.1. The van der Waals surface area contributed by atoms with Gasteiger partial charge in [-0.25, -0.2) is 0 Å². The van der Waals surface area contributed by atoms with E-state index >= 15 is 0 Å². The molecule has 3 nitrogen and oxygen atoms in total. The van der Waals surface area contributed by atoms with Gasteiger partial charge in [-0.05, 0) is 19.3 Å². The van der Waals surface area contributed by atoms with Crippen molar-refractivity contribution in [3.05, 3.63) is 0 Å². The van der Waals surface area contributed by atoms with Crippen molar-refractivity contribution in [3.8, 4) is 0 Å². The van der Waals surface area contributed by atoms with Crippen molar-refractivity contribution < 1.29 is 9.47 Å². The SMILES string of the molecule is CCCCOCCNCCOC1CCCCCC1. The molecule has 0 bridgehead atoms. The van der Waals surface area contributed by atoms with Gasteiger partial charge < -0.3 is 14.8 Å². The minimum Gasteiger partial charge on any atom is -0.380 e. The van der Waals surface area contributed by atoms with Gasteiger partial charge in [-0.1, -0.05) is 39.0 Å². The standard InChI is InChI=1S/C15H31NO2/c1-2-3-12-17-13-10-16-11-14-18-15-8-6-4-5-7-9-15/h15-16H,2-14H2,1H3. The molecule has 1 aliphatic carbocycles. The second kappa shape index (κ2) is 11.9. The molecule has 0 unspecified atom stereocenters. The second-order valence-electron chi connectivity index (χ2n) is 5.20. The van der Waals surface area contributed by atoms with Crippen LogP contribution in [0.1, 0.15) is 58.3 Å². The molecular weight excluding hydrogens is 226 g/mol. The Labute approximate surface area is 113 Å². The van der Waals surface area contributed by atoms with Crippen molar-refractivity contribution in [2.75, 3.05) is 32.9 Å². The molecular formula is C15H31NO2. The first-order chi connectivity index (χ1) is 8.93. The summed E-state index contributed by atoms with van der Waals surface area (Å²) in [6.45, 7) is 6.65. The number of nitrogens with one attached hydrogen (secondary N) is 1. The largest absolute Gasteiger partial charge is 0.380 e. The molecule has 0 aromatic carbocycles. The van der Waals surface area contributed by atoms with E-state index in [9.17, 15) is 0 Å². The molecule has 0 heterocycles. The smallest absolute Gasteiger partial charge is 0.0594 e. The normalized spacial score (nSPS) is 17.8. The molecule has 0 atom stereocenters. The van der Waals surface area contributed by atoms with Crippen molar-refractivity contribution in [2.24, 2.45) is 0 Å². The third kappa shape index (κ3) is 8.90. The zero-order valence-electron chi connectivity index (χ0n) is 12.1. The second-order valence-corrected chi connectivity index (χ2v) is 5.20. The third-order valence-electron chi connectivity index (χ3n) is 3.50. The lowest BCUT2D eigenvalue weighted by molar-refractivity contribution is 0.0440. The van der Waals surface area contributed by atoms with Gasteiger partial charge in [-0.15, -0.1) is 0 Å². The fourth-order valence-corrected chi connectivity index (χ4v) is 2.32. The maximum atomic E-state index is 5.90. The van der Waals surface area contributed by atoms with Crippen LogP contribution in [-0.4, -0.2) is 39.0 Å². The van der Waals surface area contributed by atoms with Gasteiger partial charge in [0.2, 0.25) is 0 Å². The predicted octanol–water partition coefficient (Wildman–Crippen LogP) is 3.13. The summed E-state index contributed by atoms with van der Waals surface area (Å²) in [5, 5.41) is 3.37. The highest BCUT2D eigenvalue weighted by Gasteiger charge is 2.11. The van der Waals surface area contributed by atoms with Crippen molar-refractivity contribution in [1.29, 1.82) is 0 Å². The molecule has 108 valence electrons. The topological polar surface area (TPSA) is 30.5 Å². The lowest BCUT2D eigenvalue weighted by Gasteiger charge is -2.15. The van der Waals surface area contributed by atoms with Crippen LogP contribution in [0.2, 0.25) is 0 Å². The first kappa shape index (κ1) is 15.9. The maximum Gasteiger partial charge on any atom is 0.0594 e. The molecule has 18 heavy (non-hydrogen) atoms. The summed E-state index contributed by atoms with van der Waals surface area (Å²) in [4.78, 5) is 0. The first-order valence-corrected chi connectivity index (χ1v) is 7.83. The van der Waals surface area contributed by atoms with Gasteiger partial charge in [-0.3, -0.25) is 0 Å². The number of hydrogen-bond donors (Lipinski definition) is 1. The Kier molecular flexibility index (Phi) is 10.6. The highest BCUT2D eigenvalue weighted by atomic mass is 16.5. The minimum absolute atomic E-state index is 0.523. The van der Waals surface area contributed by atoms with E-state index in [1.165, 1.54) is 51.4 Å². The highest BCUT2D eigenvalue weighted by Crippen LogP contribution is 2.19. The number of unbranched alkanes of at least 4 members (excludes halogenated alkanes) is 1. The van der Waals surface area contributed by atoms with Crippen LogP contribution in [0.25, 0.3) is 0 Å². The lowest BCUT2D eigenvalue weighted by Crippen LogP contribution is -2.26. The summed E-state index contributed by atoms with van der Waals surface area (Å²) < 4.78 is 11.4. The zero-order valence-corrected chi connectivity index (χ0v) is 12.1. The van der Waals surface area contributed by atoms with E-state index < -0.39 is 0 Å². The Hall–Kier alpha value is -0.120. The molecule has 0 spiro atoms. The first-order valence-electron chi connectivity index (χ1n) is 7.83. The van der Waals surface area contributed by atoms with E-state index in [0.717, 1.165) is 32.9 Å². The summed E-state index contributed by atoms with van der Waals surface area (Å²) in [5.41, 5.74) is 0. The summed E-state index contributed by atoms with van der Waals surface area (Å²) in [7, 11) is 0. The maximum absolute atomic E-state index is 5.90. The fourth-order valence-electron chi connectivity index (χ4n) is 2.32. The van der Waals surface area contributed by atoms with Gasteiger partial charge in [0.1, 0.15) is 0 Å². The van der Waals surface area contributed by atoms with Gasteiger partial charge in [0.25, 0.3) is 0 Å². The molecule has 0 amide bonds. The van der Waals surface area contributed by atoms with Gasteiger partial charge in [0.05, 0.1) is 19.3 Å². The molecule has 0 radical (unpaired) electrons. The predicted molar refractivity (Wildman–Crippen MR) is 76.0 cm³/mol. The molecule has 1 aliphatic rings. The molecule has 3 heteroatoms. The van der Waals surface area contributed by atoms with Crippen LogP contribution in [0.3, 0.4) is 0 Å². The van der Waals surface area contributed by atoms with Gasteiger partial charge in [-0.2, -0.15) is 0 Å². The van der Waals surface area contributed by atoms with Crippen LogP contribution in [0, 0.1) is 0 Å². The molecule has 1 saturated carbocycles. The van der Waals surface area contributed by atoms with E-state index in [1.54, 1.807) is 0 Å². The van der Waals surface area contributed by atoms with Crippen LogP contribution in [-0.2, 0) is 9.47 Å².